The summed E-state index contributed by atoms with van der Waals surface area (Å²) in [6.07, 6.45) is 2.26. The van der Waals surface area contributed by atoms with Gasteiger partial charge in [0.1, 0.15) is 0 Å². The molecule has 0 aromatic heterocycles. The van der Waals surface area contributed by atoms with Crippen molar-refractivity contribution in [3.05, 3.63) is 64.7 Å². The third kappa shape index (κ3) is 5.29. The Bertz CT molecular complexity index is 619. The molecule has 0 saturated heterocycles. The maximum Gasteiger partial charge on any atom is 0.319 e. The van der Waals surface area contributed by atoms with Gasteiger partial charge in [-0.1, -0.05) is 49.7 Å². The first-order valence-corrected chi connectivity index (χ1v) is 8.39. The number of carbonyl (C=O) groups is 1. The second-order valence-electron chi connectivity index (χ2n) is 5.57. The number of hydrogen-bond donors (Lipinski definition) is 2. The van der Waals surface area contributed by atoms with Gasteiger partial charge in [0.15, 0.2) is 0 Å². The Morgan fingerprint density at radius 2 is 1.61 bits per heavy atom. The van der Waals surface area contributed by atoms with Gasteiger partial charge in [-0.2, -0.15) is 0 Å². The molecule has 0 saturated carbocycles. The molecule has 4 heteroatoms. The van der Waals surface area contributed by atoms with E-state index in [4.69, 9.17) is 11.6 Å². The van der Waals surface area contributed by atoms with Gasteiger partial charge in [0.05, 0.1) is 0 Å². The summed E-state index contributed by atoms with van der Waals surface area (Å²) >= 11 is 5.84. The number of hydrogen-bond acceptors (Lipinski definition) is 1. The number of nitrogens with one attached hydrogen (secondary N) is 2. The van der Waals surface area contributed by atoms with E-state index in [1.54, 1.807) is 0 Å². The Balaban J connectivity index is 1.86. The van der Waals surface area contributed by atoms with E-state index in [1.165, 1.54) is 5.56 Å². The summed E-state index contributed by atoms with van der Waals surface area (Å²) < 4.78 is 0. The molecule has 2 amide bonds. The van der Waals surface area contributed by atoms with Gasteiger partial charge in [-0.25, -0.2) is 4.79 Å². The van der Waals surface area contributed by atoms with Crippen LogP contribution in [0, 0.1) is 0 Å². The molecule has 0 aliphatic rings. The first-order valence-electron chi connectivity index (χ1n) is 8.01. The van der Waals surface area contributed by atoms with Crippen LogP contribution >= 0.6 is 11.6 Å². The average molecular weight is 331 g/mol. The van der Waals surface area contributed by atoms with Crippen molar-refractivity contribution < 1.29 is 4.79 Å². The Kier molecular flexibility index (Phi) is 6.48. The largest absolute Gasteiger partial charge is 0.334 e. The fraction of sp³-hybridized carbons (Fsp3) is 0.316. The highest BCUT2D eigenvalue weighted by Gasteiger charge is 2.07. The van der Waals surface area contributed by atoms with Crippen LogP contribution in [0.4, 0.5) is 10.5 Å². The van der Waals surface area contributed by atoms with Crippen LogP contribution in [0.5, 0.6) is 0 Å². The molecule has 23 heavy (non-hydrogen) atoms. The number of urea groups is 1. The monoisotopic (exact) mass is 330 g/mol. The Hall–Kier alpha value is -2.00. The van der Waals surface area contributed by atoms with Gasteiger partial charge < -0.3 is 10.6 Å². The summed E-state index contributed by atoms with van der Waals surface area (Å²) in [6, 6.07) is 15.3. The summed E-state index contributed by atoms with van der Waals surface area (Å²) in [5, 5.41) is 6.37. The van der Waals surface area contributed by atoms with Crippen LogP contribution in [0.25, 0.3) is 0 Å². The minimum Gasteiger partial charge on any atom is -0.334 e. The van der Waals surface area contributed by atoms with Gasteiger partial charge in [0.2, 0.25) is 0 Å². The molecule has 2 rings (SSSR count). The summed E-state index contributed by atoms with van der Waals surface area (Å²) in [6.45, 7) is 4.86. The molecule has 0 radical (unpaired) electrons. The highest BCUT2D eigenvalue weighted by atomic mass is 35.5. The van der Waals surface area contributed by atoms with Crippen LogP contribution in [-0.2, 0) is 6.54 Å². The maximum absolute atomic E-state index is 11.9. The smallest absolute Gasteiger partial charge is 0.319 e. The number of anilines is 1. The molecular weight excluding hydrogens is 308 g/mol. The highest BCUT2D eigenvalue weighted by molar-refractivity contribution is 6.30. The third-order valence-electron chi connectivity index (χ3n) is 3.99. The van der Waals surface area contributed by atoms with Crippen LogP contribution < -0.4 is 10.6 Å². The van der Waals surface area contributed by atoms with Gasteiger partial charge in [-0.3, -0.25) is 0 Å². The maximum atomic E-state index is 11.9. The van der Waals surface area contributed by atoms with Crippen molar-refractivity contribution in [3.63, 3.8) is 0 Å². The second-order valence-corrected chi connectivity index (χ2v) is 6.01. The fourth-order valence-corrected chi connectivity index (χ4v) is 2.68. The van der Waals surface area contributed by atoms with E-state index in [9.17, 15) is 4.79 Å². The second kappa shape index (κ2) is 8.59. The van der Waals surface area contributed by atoms with Crippen molar-refractivity contribution >= 4 is 23.3 Å². The van der Waals surface area contributed by atoms with Crippen LogP contribution in [0.3, 0.4) is 0 Å². The lowest BCUT2D eigenvalue weighted by Gasteiger charge is -2.13. The molecule has 0 bridgehead atoms. The zero-order chi connectivity index (χ0) is 16.7. The van der Waals surface area contributed by atoms with E-state index in [2.05, 4.69) is 36.6 Å². The van der Waals surface area contributed by atoms with E-state index in [0.29, 0.717) is 17.5 Å². The Morgan fingerprint density at radius 1 is 1.00 bits per heavy atom. The van der Waals surface area contributed by atoms with Crippen molar-refractivity contribution in [1.82, 2.24) is 5.32 Å². The Morgan fingerprint density at radius 3 is 2.17 bits per heavy atom. The van der Waals surface area contributed by atoms with Crippen molar-refractivity contribution in [2.45, 2.75) is 39.2 Å². The van der Waals surface area contributed by atoms with E-state index < -0.39 is 0 Å². The number of carbonyl (C=O) groups excluding carboxylic acids is 1. The first kappa shape index (κ1) is 17.4. The van der Waals surface area contributed by atoms with Crippen molar-refractivity contribution in [1.29, 1.82) is 0 Å². The van der Waals surface area contributed by atoms with Crippen LogP contribution in [-0.4, -0.2) is 6.03 Å². The number of amides is 2. The zero-order valence-corrected chi connectivity index (χ0v) is 14.4. The molecule has 2 aromatic carbocycles. The predicted molar refractivity (Wildman–Crippen MR) is 97.1 cm³/mol. The zero-order valence-electron chi connectivity index (χ0n) is 13.6. The molecule has 0 aliphatic carbocycles. The van der Waals surface area contributed by atoms with Gasteiger partial charge in [-0.05, 0) is 54.2 Å². The van der Waals surface area contributed by atoms with E-state index in [0.717, 1.165) is 24.1 Å². The van der Waals surface area contributed by atoms with Gasteiger partial charge in [0, 0.05) is 17.3 Å². The van der Waals surface area contributed by atoms with Gasteiger partial charge in [-0.15, -0.1) is 0 Å². The summed E-state index contributed by atoms with van der Waals surface area (Å²) in [7, 11) is 0. The molecule has 2 aromatic rings. The van der Waals surface area contributed by atoms with Crippen molar-refractivity contribution in [2.75, 3.05) is 5.32 Å². The van der Waals surface area contributed by atoms with Crippen molar-refractivity contribution in [3.8, 4) is 0 Å². The molecule has 0 aliphatic heterocycles. The average Bonchev–Trinajstić information content (AvgIpc) is 2.57. The topological polar surface area (TPSA) is 41.1 Å². The quantitative estimate of drug-likeness (QED) is 0.714. The van der Waals surface area contributed by atoms with Crippen LogP contribution in [0.15, 0.2) is 48.5 Å². The molecule has 3 nitrogen and oxygen atoms in total. The van der Waals surface area contributed by atoms with E-state index >= 15 is 0 Å². The summed E-state index contributed by atoms with van der Waals surface area (Å²) in [5.74, 6) is 0.586. The lowest BCUT2D eigenvalue weighted by molar-refractivity contribution is 0.251. The molecule has 0 spiro atoms. The van der Waals surface area contributed by atoms with Crippen LogP contribution in [0.1, 0.15) is 43.7 Å². The first-order chi connectivity index (χ1) is 11.1. The summed E-state index contributed by atoms with van der Waals surface area (Å²) in [5.41, 5.74) is 3.13. The lowest BCUT2D eigenvalue weighted by atomic mass is 9.94. The van der Waals surface area contributed by atoms with Crippen LogP contribution in [0.2, 0.25) is 5.02 Å². The molecule has 2 N–H and O–H groups in total. The number of rotatable bonds is 6. The minimum absolute atomic E-state index is 0.213. The lowest BCUT2D eigenvalue weighted by Crippen LogP contribution is -2.28. The van der Waals surface area contributed by atoms with E-state index in [1.807, 2.05) is 36.4 Å². The Labute approximate surface area is 143 Å². The number of halogens is 1. The van der Waals surface area contributed by atoms with Gasteiger partial charge in [0.25, 0.3) is 0 Å². The highest BCUT2D eigenvalue weighted by Crippen LogP contribution is 2.24. The fourth-order valence-electron chi connectivity index (χ4n) is 2.56. The predicted octanol–water partition coefficient (Wildman–Crippen LogP) is 5.57. The molecule has 0 unspecified atom stereocenters. The molecule has 122 valence electrons. The standard InChI is InChI=1S/C19H23ClN2O/c1-3-15(4-2)16-7-11-18(12-8-16)22-19(23)21-13-14-5-9-17(20)10-6-14/h5-12,15H,3-4,13H2,1-2H3,(H2,21,22,23). The molecule has 0 heterocycles. The molecule has 0 fully saturated rings. The summed E-state index contributed by atoms with van der Waals surface area (Å²) in [4.78, 5) is 11.9. The minimum atomic E-state index is -0.213. The number of benzene rings is 2. The molecular formula is C19H23ClN2O. The molecule has 0 atom stereocenters. The van der Waals surface area contributed by atoms with Crippen molar-refractivity contribution in [2.24, 2.45) is 0 Å². The van der Waals surface area contributed by atoms with Gasteiger partial charge >= 0.3 is 6.03 Å². The third-order valence-corrected chi connectivity index (χ3v) is 4.24. The SMILES string of the molecule is CCC(CC)c1ccc(NC(=O)NCc2ccc(Cl)cc2)cc1. The normalized spacial score (nSPS) is 10.6. The van der Waals surface area contributed by atoms with E-state index in [-0.39, 0.29) is 6.03 Å².